The molecule has 9 nitrogen and oxygen atoms in total. The molecule has 0 radical (unpaired) electrons. The molecule has 162 valence electrons. The summed E-state index contributed by atoms with van der Waals surface area (Å²) in [5.41, 5.74) is 0.246. The molecule has 0 saturated heterocycles. The molecule has 0 atom stereocenters. The van der Waals surface area contributed by atoms with Crippen molar-refractivity contribution >= 4 is 23.1 Å². The highest BCUT2D eigenvalue weighted by Crippen LogP contribution is 2.36. The van der Waals surface area contributed by atoms with Gasteiger partial charge in [-0.1, -0.05) is 0 Å². The van der Waals surface area contributed by atoms with Gasteiger partial charge in [0.2, 0.25) is 0 Å². The predicted molar refractivity (Wildman–Crippen MR) is 106 cm³/mol. The van der Waals surface area contributed by atoms with Crippen LogP contribution in [0.25, 0.3) is 16.9 Å². The number of nitrogens with zero attached hydrogens (tertiary/aromatic N) is 6. The highest BCUT2D eigenvalue weighted by molar-refractivity contribution is 5.90. The molecule has 3 aromatic heterocycles. The lowest BCUT2D eigenvalue weighted by Crippen LogP contribution is -2.09. The molecule has 0 aliphatic rings. The lowest BCUT2D eigenvalue weighted by atomic mass is 10.1. The highest BCUT2D eigenvalue weighted by atomic mass is 19.4. The number of nitriles is 1. The van der Waals surface area contributed by atoms with E-state index >= 15 is 0 Å². The van der Waals surface area contributed by atoms with Crippen molar-refractivity contribution < 1.29 is 23.1 Å². The molecular formula is C20H14F3N7O2. The number of carboxylic acid groups (broad SMARTS) is 1. The van der Waals surface area contributed by atoms with Crippen LogP contribution in [0.1, 0.15) is 21.6 Å². The Labute approximate surface area is 178 Å². The fourth-order valence-corrected chi connectivity index (χ4v) is 3.30. The number of aryl methyl sites for hydroxylation is 1. The molecule has 0 unspecified atom stereocenters. The van der Waals surface area contributed by atoms with Crippen LogP contribution in [0.5, 0.6) is 0 Å². The second kappa shape index (κ2) is 7.69. The molecule has 2 N–H and O–H groups in total. The Morgan fingerprint density at radius 2 is 2.09 bits per heavy atom. The van der Waals surface area contributed by atoms with E-state index < -0.39 is 17.8 Å². The van der Waals surface area contributed by atoms with Gasteiger partial charge in [0.25, 0.3) is 0 Å². The van der Waals surface area contributed by atoms with Crippen LogP contribution in [0.2, 0.25) is 0 Å². The number of carboxylic acids is 1. The number of fused-ring (bicyclic) bond motifs is 1. The zero-order chi connectivity index (χ0) is 23.0. The third-order valence-electron chi connectivity index (χ3n) is 4.69. The van der Waals surface area contributed by atoms with Gasteiger partial charge < -0.3 is 10.4 Å². The molecule has 4 rings (SSSR count). The normalized spacial score (nSPS) is 11.5. The summed E-state index contributed by atoms with van der Waals surface area (Å²) in [6.45, 7) is 1.31. The Hall–Kier alpha value is -4.40. The number of anilines is 2. The summed E-state index contributed by atoms with van der Waals surface area (Å²) in [5, 5.41) is 24.5. The number of carbonyl (C=O) groups is 1. The number of aromatic carboxylic acids is 1. The lowest BCUT2D eigenvalue weighted by Gasteiger charge is -2.10. The van der Waals surface area contributed by atoms with Crippen LogP contribution in [0.4, 0.5) is 24.7 Å². The number of alkyl halides is 3. The first kappa shape index (κ1) is 20.9. The average Bonchev–Trinajstić information content (AvgIpc) is 3.32. The van der Waals surface area contributed by atoms with Crippen LogP contribution in [0.3, 0.4) is 0 Å². The number of nitrogens with one attached hydrogen (secondary N) is 1. The first-order valence-electron chi connectivity index (χ1n) is 9.14. The van der Waals surface area contributed by atoms with Gasteiger partial charge in [-0.05, 0) is 30.7 Å². The fraction of sp³-hybridized carbons (Fsp3) is 0.150. The van der Waals surface area contributed by atoms with Crippen LogP contribution in [-0.4, -0.2) is 35.2 Å². The minimum Gasteiger partial charge on any atom is -0.478 e. The summed E-state index contributed by atoms with van der Waals surface area (Å²) in [5.74, 6) is -0.788. The van der Waals surface area contributed by atoms with Crippen molar-refractivity contribution in [3.8, 4) is 17.3 Å². The number of imidazole rings is 1. The molecule has 3 heterocycles. The summed E-state index contributed by atoms with van der Waals surface area (Å²) in [6.07, 6.45) is 0.550. The largest absolute Gasteiger partial charge is 0.478 e. The van der Waals surface area contributed by atoms with E-state index in [0.29, 0.717) is 11.3 Å². The predicted octanol–water partition coefficient (Wildman–Crippen LogP) is 3.89. The zero-order valence-corrected chi connectivity index (χ0v) is 16.4. The van der Waals surface area contributed by atoms with Crippen LogP contribution in [0, 0.1) is 18.3 Å². The van der Waals surface area contributed by atoms with Crippen molar-refractivity contribution in [2.24, 2.45) is 0 Å². The molecule has 0 saturated carbocycles. The molecular weight excluding hydrogens is 427 g/mol. The number of halogens is 3. The number of benzene rings is 1. The van der Waals surface area contributed by atoms with Gasteiger partial charge in [0.1, 0.15) is 6.54 Å². The van der Waals surface area contributed by atoms with Gasteiger partial charge in [-0.15, -0.1) is 0 Å². The molecule has 12 heteroatoms. The van der Waals surface area contributed by atoms with Gasteiger partial charge in [-0.3, -0.25) is 9.08 Å². The average molecular weight is 441 g/mol. The molecule has 0 fully saturated rings. The van der Waals surface area contributed by atoms with Crippen molar-refractivity contribution in [2.75, 3.05) is 5.32 Å². The monoisotopic (exact) mass is 441 g/mol. The second-order valence-corrected chi connectivity index (χ2v) is 6.82. The van der Waals surface area contributed by atoms with E-state index in [4.69, 9.17) is 10.4 Å². The van der Waals surface area contributed by atoms with Crippen molar-refractivity contribution in [1.82, 2.24) is 24.1 Å². The Kier molecular flexibility index (Phi) is 5.01. The molecule has 32 heavy (non-hydrogen) atoms. The molecule has 0 bridgehead atoms. The Bertz CT molecular complexity index is 1380. The summed E-state index contributed by atoms with van der Waals surface area (Å²) >= 11 is 0. The maximum atomic E-state index is 13.5. The van der Waals surface area contributed by atoms with Gasteiger partial charge >= 0.3 is 12.1 Å². The van der Waals surface area contributed by atoms with E-state index in [0.717, 1.165) is 10.9 Å². The molecule has 0 amide bonds. The lowest BCUT2D eigenvalue weighted by molar-refractivity contribution is -0.141. The van der Waals surface area contributed by atoms with E-state index in [2.05, 4.69) is 20.4 Å². The van der Waals surface area contributed by atoms with Gasteiger partial charge in [0.05, 0.1) is 29.1 Å². The maximum Gasteiger partial charge on any atom is 0.435 e. The topological polar surface area (TPSA) is 121 Å². The van der Waals surface area contributed by atoms with Crippen LogP contribution >= 0.6 is 0 Å². The van der Waals surface area contributed by atoms with E-state index in [9.17, 15) is 18.0 Å². The Morgan fingerprint density at radius 1 is 1.31 bits per heavy atom. The first-order chi connectivity index (χ1) is 15.2. The molecule has 1 aromatic carbocycles. The molecule has 0 spiro atoms. The van der Waals surface area contributed by atoms with Crippen LogP contribution in [0.15, 0.2) is 43.0 Å². The summed E-state index contributed by atoms with van der Waals surface area (Å²) in [4.78, 5) is 19.6. The third-order valence-corrected chi connectivity index (χ3v) is 4.69. The van der Waals surface area contributed by atoms with Gasteiger partial charge in [0.15, 0.2) is 17.2 Å². The SMILES string of the molecule is Cc1cc(Nc2nccn3c(-c4cn(CC#N)nc4C(F)(F)F)cnc23)ccc1C(=O)O. The summed E-state index contributed by atoms with van der Waals surface area (Å²) in [6, 6.07) is 6.38. The van der Waals surface area contributed by atoms with Crippen LogP contribution in [-0.2, 0) is 12.7 Å². The van der Waals surface area contributed by atoms with Gasteiger partial charge in [-0.2, -0.15) is 23.5 Å². The van der Waals surface area contributed by atoms with Gasteiger partial charge in [0, 0.05) is 24.3 Å². The Morgan fingerprint density at radius 3 is 2.75 bits per heavy atom. The quantitative estimate of drug-likeness (QED) is 0.482. The van der Waals surface area contributed by atoms with Crippen molar-refractivity contribution in [1.29, 1.82) is 5.26 Å². The van der Waals surface area contributed by atoms with E-state index in [1.807, 2.05) is 0 Å². The van der Waals surface area contributed by atoms with Crippen LogP contribution < -0.4 is 5.32 Å². The first-order valence-corrected chi connectivity index (χ1v) is 9.14. The van der Waals surface area contributed by atoms with Crippen molar-refractivity contribution in [3.05, 3.63) is 59.8 Å². The highest BCUT2D eigenvalue weighted by Gasteiger charge is 2.38. The smallest absolute Gasteiger partial charge is 0.435 e. The molecule has 4 aromatic rings. The number of hydrogen-bond donors (Lipinski definition) is 2. The zero-order valence-electron chi connectivity index (χ0n) is 16.4. The van der Waals surface area contributed by atoms with E-state index in [1.165, 1.54) is 29.1 Å². The fourth-order valence-electron chi connectivity index (χ4n) is 3.30. The number of aromatic nitrogens is 5. The molecule has 0 aliphatic carbocycles. The second-order valence-electron chi connectivity index (χ2n) is 6.82. The third kappa shape index (κ3) is 3.71. The Balaban J connectivity index is 1.78. The minimum atomic E-state index is -4.72. The minimum absolute atomic E-state index is 0.124. The van der Waals surface area contributed by atoms with Crippen molar-refractivity contribution in [2.45, 2.75) is 19.6 Å². The van der Waals surface area contributed by atoms with E-state index in [-0.39, 0.29) is 34.8 Å². The summed E-state index contributed by atoms with van der Waals surface area (Å²) in [7, 11) is 0. The number of hydrogen-bond acceptors (Lipinski definition) is 6. The maximum absolute atomic E-state index is 13.5. The van der Waals surface area contributed by atoms with E-state index in [1.54, 1.807) is 25.1 Å². The molecule has 0 aliphatic heterocycles. The van der Waals surface area contributed by atoms with Crippen molar-refractivity contribution in [3.63, 3.8) is 0 Å². The van der Waals surface area contributed by atoms with Gasteiger partial charge in [-0.25, -0.2) is 14.8 Å². The summed E-state index contributed by atoms with van der Waals surface area (Å²) < 4.78 is 42.9. The number of rotatable bonds is 5. The standard InChI is InChI=1S/C20H14F3N7O2/c1-11-8-12(2-3-13(11)19(31)32)27-17-18-26-9-15(30(18)7-5-25-17)14-10-29(6-4-24)28-16(14)20(21,22)23/h2-3,5,7-10H,6H2,1H3,(H,25,27)(H,31,32).